The number of rotatable bonds is 5. The van der Waals surface area contributed by atoms with E-state index in [-0.39, 0.29) is 0 Å². The van der Waals surface area contributed by atoms with E-state index in [9.17, 15) is 13.7 Å². The highest BCUT2D eigenvalue weighted by Gasteiger charge is 2.29. The van der Waals surface area contributed by atoms with Crippen LogP contribution in [-0.4, -0.2) is 67.3 Å². The van der Waals surface area contributed by atoms with Crippen molar-refractivity contribution in [2.45, 2.75) is 0 Å². The van der Waals surface area contributed by atoms with Crippen LogP contribution in [0.4, 0.5) is 5.82 Å². The van der Waals surface area contributed by atoms with E-state index in [0.29, 0.717) is 54.0 Å². The Hall–Kier alpha value is -3.03. The quantitative estimate of drug-likeness (QED) is 0.554. The van der Waals surface area contributed by atoms with E-state index in [1.807, 2.05) is 29.2 Å². The first kappa shape index (κ1) is 23.1. The zero-order valence-electron chi connectivity index (χ0n) is 18.3. The number of hydrogen-bond donors (Lipinski definition) is 0. The lowest BCUT2D eigenvalue weighted by molar-refractivity contribution is 0.355. The van der Waals surface area contributed by atoms with Crippen molar-refractivity contribution < 1.29 is 8.42 Å². The number of anilines is 1. The molecule has 0 spiro atoms. The molecule has 33 heavy (non-hydrogen) atoms. The van der Waals surface area contributed by atoms with Crippen LogP contribution < -0.4 is 4.90 Å². The second-order valence-electron chi connectivity index (χ2n) is 7.80. The van der Waals surface area contributed by atoms with Crippen LogP contribution in [-0.2, 0) is 10.2 Å². The van der Waals surface area contributed by atoms with E-state index in [1.165, 1.54) is 22.7 Å². The molecule has 8 nitrogen and oxygen atoms in total. The van der Waals surface area contributed by atoms with E-state index < -0.39 is 10.2 Å². The van der Waals surface area contributed by atoms with Crippen molar-refractivity contribution in [1.29, 1.82) is 5.26 Å². The van der Waals surface area contributed by atoms with Gasteiger partial charge in [-0.3, -0.25) is 4.98 Å². The van der Waals surface area contributed by atoms with Gasteiger partial charge in [0, 0.05) is 56.4 Å². The molecule has 2 heterocycles. The average Bonchev–Trinajstić information content (AvgIpc) is 2.84. The fourth-order valence-corrected chi connectivity index (χ4v) is 4.88. The van der Waals surface area contributed by atoms with Gasteiger partial charge in [-0.25, -0.2) is 4.98 Å². The highest BCUT2D eigenvalue weighted by Crippen LogP contribution is 2.32. The third-order valence-electron chi connectivity index (χ3n) is 5.49. The summed E-state index contributed by atoms with van der Waals surface area (Å²) in [7, 11) is -0.378. The Balaban J connectivity index is 1.70. The number of halogens is 1. The molecule has 1 aliphatic heterocycles. The van der Waals surface area contributed by atoms with Crippen LogP contribution in [0, 0.1) is 11.3 Å². The van der Waals surface area contributed by atoms with Gasteiger partial charge in [-0.15, -0.1) is 0 Å². The molecule has 0 saturated carbocycles. The maximum atomic E-state index is 12.4. The molecule has 4 rings (SSSR count). The predicted molar refractivity (Wildman–Crippen MR) is 129 cm³/mol. The number of piperazine rings is 1. The number of benzene rings is 2. The molecular weight excluding hydrogens is 460 g/mol. The molecule has 3 aromatic rings. The highest BCUT2D eigenvalue weighted by molar-refractivity contribution is 7.86. The summed E-state index contributed by atoms with van der Waals surface area (Å²) in [5.41, 5.74) is 3.51. The second kappa shape index (κ2) is 9.45. The summed E-state index contributed by atoms with van der Waals surface area (Å²) < 4.78 is 27.5. The van der Waals surface area contributed by atoms with Crippen LogP contribution in [0.3, 0.4) is 0 Å². The van der Waals surface area contributed by atoms with E-state index in [1.54, 1.807) is 30.5 Å². The molecule has 1 aromatic heterocycles. The van der Waals surface area contributed by atoms with Crippen molar-refractivity contribution in [1.82, 2.24) is 18.6 Å². The van der Waals surface area contributed by atoms with E-state index >= 15 is 0 Å². The first-order valence-corrected chi connectivity index (χ1v) is 12.1. The van der Waals surface area contributed by atoms with Crippen molar-refractivity contribution in [3.05, 3.63) is 65.3 Å². The van der Waals surface area contributed by atoms with Gasteiger partial charge < -0.3 is 4.90 Å². The lowest BCUT2D eigenvalue weighted by atomic mass is 10.0. The first-order chi connectivity index (χ1) is 15.8. The van der Waals surface area contributed by atoms with Crippen molar-refractivity contribution in [3.8, 4) is 28.6 Å². The van der Waals surface area contributed by atoms with Crippen LogP contribution >= 0.6 is 11.6 Å². The van der Waals surface area contributed by atoms with Crippen LogP contribution in [0.1, 0.15) is 5.56 Å². The van der Waals surface area contributed by atoms with Crippen molar-refractivity contribution in [2.75, 3.05) is 45.2 Å². The summed E-state index contributed by atoms with van der Waals surface area (Å²) >= 11 is 6.08. The molecule has 0 unspecified atom stereocenters. The maximum Gasteiger partial charge on any atom is 0.281 e. The fourth-order valence-electron chi connectivity index (χ4n) is 3.67. The average molecular weight is 483 g/mol. The molecule has 0 atom stereocenters. The smallest absolute Gasteiger partial charge is 0.281 e. The number of aromatic nitrogens is 2. The molecule has 0 amide bonds. The molecule has 170 valence electrons. The van der Waals surface area contributed by atoms with Crippen molar-refractivity contribution >= 4 is 27.6 Å². The molecular formula is C23H23ClN6O2S. The molecule has 0 bridgehead atoms. The zero-order chi connectivity index (χ0) is 23.6. The summed E-state index contributed by atoms with van der Waals surface area (Å²) in [5.74, 6) is 0.669. The zero-order valence-corrected chi connectivity index (χ0v) is 19.9. The molecule has 1 saturated heterocycles. The summed E-state index contributed by atoms with van der Waals surface area (Å²) in [5, 5.41) is 9.92. The van der Waals surface area contributed by atoms with Gasteiger partial charge in [0.1, 0.15) is 5.82 Å². The van der Waals surface area contributed by atoms with E-state index in [0.717, 1.165) is 11.1 Å². The van der Waals surface area contributed by atoms with Gasteiger partial charge in [-0.2, -0.15) is 22.3 Å². The summed E-state index contributed by atoms with van der Waals surface area (Å²) in [6.07, 6.45) is 1.70. The van der Waals surface area contributed by atoms with Gasteiger partial charge in [0.05, 0.1) is 29.2 Å². The van der Waals surface area contributed by atoms with Gasteiger partial charge in [0.25, 0.3) is 10.2 Å². The maximum absolute atomic E-state index is 12.4. The van der Waals surface area contributed by atoms with Crippen molar-refractivity contribution in [3.63, 3.8) is 0 Å². The fraction of sp³-hybridized carbons (Fsp3) is 0.261. The minimum absolute atomic E-state index is 0.366. The van der Waals surface area contributed by atoms with Gasteiger partial charge in [0.15, 0.2) is 0 Å². The van der Waals surface area contributed by atoms with Crippen molar-refractivity contribution in [2.24, 2.45) is 0 Å². The Bertz CT molecular complexity index is 1300. The Morgan fingerprint density at radius 2 is 1.70 bits per heavy atom. The molecule has 1 aliphatic rings. The Morgan fingerprint density at radius 1 is 1.00 bits per heavy atom. The topological polar surface area (TPSA) is 93.4 Å². The Morgan fingerprint density at radius 3 is 2.33 bits per heavy atom. The standard InChI is InChI=1S/C23H23ClN6O2S/c1-28(2)33(31,32)30-12-10-29(11-13-30)21-16-26-22(19-5-3-4-17(14-19)15-25)23(27-21)18-6-8-20(24)9-7-18/h3-9,14,16H,10-13H2,1-2H3. The third kappa shape index (κ3) is 4.84. The largest absolute Gasteiger partial charge is 0.353 e. The molecule has 10 heteroatoms. The van der Waals surface area contributed by atoms with Gasteiger partial charge in [-0.1, -0.05) is 35.9 Å². The van der Waals surface area contributed by atoms with Crippen LogP contribution in [0.25, 0.3) is 22.5 Å². The highest BCUT2D eigenvalue weighted by atomic mass is 35.5. The summed E-state index contributed by atoms with van der Waals surface area (Å²) in [4.78, 5) is 11.6. The van der Waals surface area contributed by atoms with Gasteiger partial charge >= 0.3 is 0 Å². The summed E-state index contributed by atoms with van der Waals surface area (Å²) in [6.45, 7) is 1.74. The Kier molecular flexibility index (Phi) is 6.63. The van der Waals surface area contributed by atoms with E-state index in [2.05, 4.69) is 6.07 Å². The van der Waals surface area contributed by atoms with Gasteiger partial charge in [0.2, 0.25) is 0 Å². The second-order valence-corrected chi connectivity index (χ2v) is 10.4. The SMILES string of the molecule is CN(C)S(=O)(=O)N1CCN(c2cnc(-c3cccc(C#N)c3)c(-c3ccc(Cl)cc3)n2)CC1. The number of hydrogen-bond acceptors (Lipinski definition) is 6. The third-order valence-corrected chi connectivity index (χ3v) is 7.69. The number of nitrogens with zero attached hydrogens (tertiary/aromatic N) is 6. The first-order valence-electron chi connectivity index (χ1n) is 10.4. The molecule has 0 radical (unpaired) electrons. The summed E-state index contributed by atoms with van der Waals surface area (Å²) in [6, 6.07) is 16.8. The minimum Gasteiger partial charge on any atom is -0.353 e. The predicted octanol–water partition coefficient (Wildman–Crippen LogP) is 3.26. The number of nitriles is 1. The van der Waals surface area contributed by atoms with Gasteiger partial charge in [-0.05, 0) is 24.3 Å². The lowest BCUT2D eigenvalue weighted by Crippen LogP contribution is -2.51. The monoisotopic (exact) mass is 482 g/mol. The van der Waals surface area contributed by atoms with Crippen LogP contribution in [0.2, 0.25) is 5.02 Å². The minimum atomic E-state index is -3.45. The normalized spacial score (nSPS) is 14.9. The van der Waals surface area contributed by atoms with E-state index in [4.69, 9.17) is 21.6 Å². The van der Waals surface area contributed by atoms with Crippen LogP contribution in [0.15, 0.2) is 54.7 Å². The lowest BCUT2D eigenvalue weighted by Gasteiger charge is -2.35. The Labute approximate surface area is 198 Å². The molecule has 0 N–H and O–H groups in total. The molecule has 2 aromatic carbocycles. The molecule has 0 aliphatic carbocycles. The molecule has 1 fully saturated rings. The van der Waals surface area contributed by atoms with Crippen LogP contribution in [0.5, 0.6) is 0 Å².